The van der Waals surface area contributed by atoms with E-state index >= 15 is 0 Å². The Morgan fingerprint density at radius 2 is 1.69 bits per heavy atom. The number of fused-ring (bicyclic) bond motifs is 1. The Morgan fingerprint density at radius 3 is 2.37 bits per heavy atom. The highest BCUT2D eigenvalue weighted by Crippen LogP contribution is 2.34. The second-order valence-electron chi connectivity index (χ2n) is 10.7. The Hall–Kier alpha value is -3.28. The van der Waals surface area contributed by atoms with E-state index < -0.39 is 11.4 Å². The number of aryl methyl sites for hydroxylation is 1. The number of amides is 2. The fourth-order valence-electron chi connectivity index (χ4n) is 4.75. The van der Waals surface area contributed by atoms with Crippen molar-refractivity contribution >= 4 is 29.0 Å². The molecule has 1 aliphatic heterocycles. The van der Waals surface area contributed by atoms with E-state index in [0.29, 0.717) is 11.3 Å². The lowest BCUT2D eigenvalue weighted by Crippen LogP contribution is -2.46. The zero-order valence-electron chi connectivity index (χ0n) is 21.2. The smallest absolute Gasteiger partial charge is 0.297 e. The van der Waals surface area contributed by atoms with Crippen molar-refractivity contribution in [2.45, 2.75) is 59.8 Å². The lowest BCUT2D eigenvalue weighted by Gasteiger charge is -2.28. The molecule has 0 aromatic heterocycles. The summed E-state index contributed by atoms with van der Waals surface area (Å²) >= 11 is 0. The first-order chi connectivity index (χ1) is 16.6. The molecule has 4 rings (SSSR count). The largest absolute Gasteiger partial charge is 0.345 e. The molecule has 0 bridgehead atoms. The van der Waals surface area contributed by atoms with Gasteiger partial charge in [-0.15, -0.1) is 0 Å². The summed E-state index contributed by atoms with van der Waals surface area (Å²) in [6, 6.07) is 14.6. The molecule has 1 saturated carbocycles. The Morgan fingerprint density at radius 1 is 0.971 bits per heavy atom. The predicted octanol–water partition coefficient (Wildman–Crippen LogP) is 6.02. The SMILES string of the molecule is Cc1cccc(C(=O)CN2N=C(C3CCCCC3)c3ccccc3N(CC(=O)C(C)(C)C)C2=O)c1. The van der Waals surface area contributed by atoms with E-state index in [1.54, 1.807) is 6.07 Å². The number of urea groups is 1. The first kappa shape index (κ1) is 24.8. The molecule has 0 atom stereocenters. The molecule has 1 aliphatic carbocycles. The molecule has 6 heteroatoms. The van der Waals surface area contributed by atoms with Crippen LogP contribution in [0.25, 0.3) is 0 Å². The number of Topliss-reactive ketones (excluding diaryl/α,β-unsaturated/α-hetero) is 2. The van der Waals surface area contributed by atoms with E-state index in [-0.39, 0.29) is 30.6 Å². The Balaban J connectivity index is 1.77. The standard InChI is InChI=1S/C29H35N3O3/c1-20-11-10-14-22(17-20)25(33)18-32-28(35)31(19-26(34)29(2,3)4)24-16-9-8-15-23(24)27(30-32)21-12-6-5-7-13-21/h8-11,14-17,21H,5-7,12-13,18-19H2,1-4H3. The van der Waals surface area contributed by atoms with E-state index in [1.807, 2.05) is 70.2 Å². The van der Waals surface area contributed by atoms with Crippen LogP contribution in [0, 0.1) is 18.3 Å². The quantitative estimate of drug-likeness (QED) is 0.482. The number of para-hydroxylation sites is 1. The molecular weight excluding hydrogens is 438 g/mol. The number of rotatable bonds is 6. The fraction of sp³-hybridized carbons (Fsp3) is 0.448. The van der Waals surface area contributed by atoms with Crippen molar-refractivity contribution in [3.05, 3.63) is 65.2 Å². The van der Waals surface area contributed by atoms with Crippen LogP contribution in [0.4, 0.5) is 10.5 Å². The van der Waals surface area contributed by atoms with Crippen molar-refractivity contribution in [3.8, 4) is 0 Å². The number of anilines is 1. The second kappa shape index (κ2) is 10.1. The molecule has 0 unspecified atom stereocenters. The average molecular weight is 474 g/mol. The van der Waals surface area contributed by atoms with Crippen LogP contribution in [0.15, 0.2) is 53.6 Å². The highest BCUT2D eigenvalue weighted by atomic mass is 16.2. The predicted molar refractivity (Wildman–Crippen MR) is 139 cm³/mol. The molecule has 0 N–H and O–H groups in total. The monoisotopic (exact) mass is 473 g/mol. The van der Waals surface area contributed by atoms with E-state index in [2.05, 4.69) is 0 Å². The lowest BCUT2D eigenvalue weighted by molar-refractivity contribution is -0.124. The van der Waals surface area contributed by atoms with Crippen molar-refractivity contribution in [1.29, 1.82) is 0 Å². The number of hydrogen-bond donors (Lipinski definition) is 0. The maximum absolute atomic E-state index is 13.9. The summed E-state index contributed by atoms with van der Waals surface area (Å²) in [5.41, 5.74) is 3.33. The molecular formula is C29H35N3O3. The third-order valence-electron chi connectivity index (χ3n) is 6.91. The van der Waals surface area contributed by atoms with Gasteiger partial charge in [0, 0.05) is 22.5 Å². The summed E-state index contributed by atoms with van der Waals surface area (Å²) in [6.07, 6.45) is 5.44. The zero-order chi connectivity index (χ0) is 25.2. The highest BCUT2D eigenvalue weighted by molar-refractivity contribution is 6.13. The van der Waals surface area contributed by atoms with Crippen molar-refractivity contribution < 1.29 is 14.4 Å². The Bertz CT molecular complexity index is 1160. The van der Waals surface area contributed by atoms with E-state index in [9.17, 15) is 14.4 Å². The van der Waals surface area contributed by atoms with Crippen LogP contribution in [0.1, 0.15) is 74.4 Å². The first-order valence-electron chi connectivity index (χ1n) is 12.6. The summed E-state index contributed by atoms with van der Waals surface area (Å²) < 4.78 is 0. The van der Waals surface area contributed by atoms with Crippen molar-refractivity contribution in [2.75, 3.05) is 18.0 Å². The summed E-state index contributed by atoms with van der Waals surface area (Å²) in [7, 11) is 0. The molecule has 2 amide bonds. The third-order valence-corrected chi connectivity index (χ3v) is 6.91. The average Bonchev–Trinajstić information content (AvgIpc) is 2.94. The van der Waals surface area contributed by atoms with Gasteiger partial charge in [0.2, 0.25) is 0 Å². The van der Waals surface area contributed by atoms with Crippen LogP contribution < -0.4 is 4.90 Å². The minimum absolute atomic E-state index is 0.0493. The molecule has 0 saturated heterocycles. The number of hydrazone groups is 1. The summed E-state index contributed by atoms with van der Waals surface area (Å²) in [4.78, 5) is 41.7. The van der Waals surface area contributed by atoms with Crippen LogP contribution >= 0.6 is 0 Å². The van der Waals surface area contributed by atoms with Crippen LogP contribution in [0.2, 0.25) is 0 Å². The summed E-state index contributed by atoms with van der Waals surface area (Å²) in [6.45, 7) is 7.25. The van der Waals surface area contributed by atoms with E-state index in [4.69, 9.17) is 5.10 Å². The number of hydrogen-bond acceptors (Lipinski definition) is 4. The van der Waals surface area contributed by atoms with Gasteiger partial charge in [-0.3, -0.25) is 14.5 Å². The highest BCUT2D eigenvalue weighted by Gasteiger charge is 2.36. The van der Waals surface area contributed by atoms with Gasteiger partial charge < -0.3 is 0 Å². The van der Waals surface area contributed by atoms with Gasteiger partial charge in [-0.2, -0.15) is 5.10 Å². The minimum Gasteiger partial charge on any atom is -0.297 e. The maximum atomic E-state index is 13.9. The molecule has 2 aliphatic rings. The van der Waals surface area contributed by atoms with Gasteiger partial charge >= 0.3 is 6.03 Å². The van der Waals surface area contributed by atoms with Crippen molar-refractivity contribution in [2.24, 2.45) is 16.4 Å². The number of ketones is 2. The molecule has 0 spiro atoms. The number of carbonyl (C=O) groups is 3. The Labute approximate surface area is 208 Å². The first-order valence-corrected chi connectivity index (χ1v) is 12.6. The van der Waals surface area contributed by atoms with Crippen LogP contribution in [-0.2, 0) is 4.79 Å². The van der Waals surface area contributed by atoms with Crippen molar-refractivity contribution in [1.82, 2.24) is 5.01 Å². The fourth-order valence-corrected chi connectivity index (χ4v) is 4.75. The molecule has 1 heterocycles. The minimum atomic E-state index is -0.600. The topological polar surface area (TPSA) is 70.1 Å². The van der Waals surface area contributed by atoms with Crippen LogP contribution in [0.5, 0.6) is 0 Å². The number of carbonyl (C=O) groups excluding carboxylic acids is 3. The van der Waals surface area contributed by atoms with Crippen LogP contribution in [0.3, 0.4) is 0 Å². The van der Waals surface area contributed by atoms with Gasteiger partial charge in [-0.05, 0) is 31.9 Å². The maximum Gasteiger partial charge on any atom is 0.345 e. The van der Waals surface area contributed by atoms with Crippen molar-refractivity contribution in [3.63, 3.8) is 0 Å². The number of nitrogens with zero attached hydrogens (tertiary/aromatic N) is 3. The molecule has 2 aromatic carbocycles. The molecule has 35 heavy (non-hydrogen) atoms. The summed E-state index contributed by atoms with van der Waals surface area (Å²) in [5, 5.41) is 6.14. The lowest BCUT2D eigenvalue weighted by atomic mass is 9.83. The van der Waals surface area contributed by atoms with E-state index in [0.717, 1.165) is 42.5 Å². The number of benzene rings is 2. The summed E-state index contributed by atoms with van der Waals surface area (Å²) in [5.74, 6) is -0.0129. The van der Waals surface area contributed by atoms with Crippen LogP contribution in [-0.4, -0.2) is 41.4 Å². The van der Waals surface area contributed by atoms with Gasteiger partial charge in [0.1, 0.15) is 6.54 Å². The van der Waals surface area contributed by atoms with Gasteiger partial charge in [-0.25, -0.2) is 9.80 Å². The van der Waals surface area contributed by atoms with Gasteiger partial charge in [0.15, 0.2) is 11.6 Å². The molecule has 1 fully saturated rings. The third kappa shape index (κ3) is 5.53. The Kier molecular flexibility index (Phi) is 7.20. The second-order valence-corrected chi connectivity index (χ2v) is 10.7. The van der Waals surface area contributed by atoms with Gasteiger partial charge in [-0.1, -0.05) is 82.0 Å². The molecule has 6 nitrogen and oxygen atoms in total. The molecule has 2 aromatic rings. The zero-order valence-corrected chi connectivity index (χ0v) is 21.2. The van der Waals surface area contributed by atoms with Gasteiger partial charge in [0.05, 0.1) is 17.9 Å². The van der Waals surface area contributed by atoms with Gasteiger partial charge in [0.25, 0.3) is 0 Å². The normalized spacial score (nSPS) is 17.0. The van der Waals surface area contributed by atoms with E-state index in [1.165, 1.54) is 16.3 Å². The molecule has 0 radical (unpaired) electrons. The molecule has 184 valence electrons.